The van der Waals surface area contributed by atoms with Gasteiger partial charge in [0.05, 0.1) is 0 Å². The van der Waals surface area contributed by atoms with E-state index in [0.717, 1.165) is 0 Å². The summed E-state index contributed by atoms with van der Waals surface area (Å²) in [6.07, 6.45) is 1.92. The van der Waals surface area contributed by atoms with Crippen LogP contribution in [0.25, 0.3) is 0 Å². The molecule has 0 aromatic carbocycles. The molecule has 0 saturated heterocycles. The summed E-state index contributed by atoms with van der Waals surface area (Å²) < 4.78 is 0. The van der Waals surface area contributed by atoms with Crippen molar-refractivity contribution in [2.45, 2.75) is 58.5 Å². The molecule has 4 N–H and O–H groups in total. The van der Waals surface area contributed by atoms with Crippen molar-refractivity contribution in [2.75, 3.05) is 20.6 Å². The van der Waals surface area contributed by atoms with Crippen molar-refractivity contribution in [3.63, 3.8) is 0 Å². The minimum Gasteiger partial charge on any atom is -0.368 e. The average molecular weight is 328 g/mol. The zero-order valence-electron chi connectivity index (χ0n) is 15.0. The Morgan fingerprint density at radius 1 is 1.04 bits per heavy atom. The Hall–Kier alpha value is -1.63. The highest BCUT2D eigenvalue weighted by atomic mass is 16.2. The van der Waals surface area contributed by atoms with Crippen LogP contribution in [0, 0.1) is 5.92 Å². The van der Waals surface area contributed by atoms with Gasteiger partial charge in [-0.15, -0.1) is 0 Å². The van der Waals surface area contributed by atoms with Gasteiger partial charge in [0.1, 0.15) is 12.1 Å². The predicted molar refractivity (Wildman–Crippen MR) is 90.3 cm³/mol. The number of likely N-dealkylation sites (N-methyl/N-ethyl adjacent to an activating group) is 2. The van der Waals surface area contributed by atoms with Crippen molar-refractivity contribution in [1.29, 1.82) is 0 Å². The van der Waals surface area contributed by atoms with Gasteiger partial charge in [-0.3, -0.25) is 14.4 Å². The van der Waals surface area contributed by atoms with Crippen LogP contribution in [0.15, 0.2) is 0 Å². The third-order valence-electron chi connectivity index (χ3n) is 3.89. The number of amides is 3. The third-order valence-corrected chi connectivity index (χ3v) is 3.89. The number of carbonyl (C=O) groups is 3. The molecular formula is C16H32N4O3. The molecule has 3 amide bonds. The fourth-order valence-electron chi connectivity index (χ4n) is 2.50. The van der Waals surface area contributed by atoms with Crippen LogP contribution in [0.1, 0.15) is 46.5 Å². The summed E-state index contributed by atoms with van der Waals surface area (Å²) in [7, 11) is 3.16. The highest BCUT2D eigenvalue weighted by molar-refractivity contribution is 5.91. The molecule has 134 valence electrons. The molecule has 0 fully saturated rings. The maximum absolute atomic E-state index is 12.8. The van der Waals surface area contributed by atoms with E-state index >= 15 is 0 Å². The summed E-state index contributed by atoms with van der Waals surface area (Å²) in [5, 5.41) is 0. The molecule has 0 aromatic rings. The largest absolute Gasteiger partial charge is 0.368 e. The van der Waals surface area contributed by atoms with Crippen molar-refractivity contribution in [3.05, 3.63) is 0 Å². The highest BCUT2D eigenvalue weighted by Crippen LogP contribution is 2.15. The van der Waals surface area contributed by atoms with E-state index in [2.05, 4.69) is 0 Å². The van der Waals surface area contributed by atoms with Gasteiger partial charge in [-0.1, -0.05) is 20.8 Å². The number of rotatable bonds is 10. The quantitative estimate of drug-likeness (QED) is 0.602. The van der Waals surface area contributed by atoms with Crippen LogP contribution < -0.4 is 11.5 Å². The molecule has 0 aliphatic rings. The summed E-state index contributed by atoms with van der Waals surface area (Å²) >= 11 is 0. The first kappa shape index (κ1) is 21.4. The van der Waals surface area contributed by atoms with Gasteiger partial charge in [-0.2, -0.15) is 0 Å². The Balaban J connectivity index is 5.26. The lowest BCUT2D eigenvalue weighted by Crippen LogP contribution is -2.54. The second kappa shape index (κ2) is 10.2. The Bertz CT molecular complexity index is 412. The number of nitrogens with zero attached hydrogens (tertiary/aromatic N) is 2. The highest BCUT2D eigenvalue weighted by Gasteiger charge is 2.33. The van der Waals surface area contributed by atoms with E-state index < -0.39 is 18.0 Å². The molecule has 2 atom stereocenters. The SMILES string of the molecule is CCCC(=O)N(C)[C@H](CCN)C(=O)N(C)[C@@H](CC(C)C)C(N)=O. The van der Waals surface area contributed by atoms with Gasteiger partial charge in [-0.25, -0.2) is 0 Å². The maximum Gasteiger partial charge on any atom is 0.245 e. The second-order valence-electron chi connectivity index (χ2n) is 6.34. The molecule has 0 saturated carbocycles. The summed E-state index contributed by atoms with van der Waals surface area (Å²) in [4.78, 5) is 39.4. The molecule has 0 spiro atoms. The monoisotopic (exact) mass is 328 g/mol. The maximum atomic E-state index is 12.8. The number of primary amides is 1. The molecule has 0 aromatic heterocycles. The summed E-state index contributed by atoms with van der Waals surface area (Å²) in [6, 6.07) is -1.35. The number of hydrogen-bond acceptors (Lipinski definition) is 4. The summed E-state index contributed by atoms with van der Waals surface area (Å²) in [5.74, 6) is -0.724. The fraction of sp³-hybridized carbons (Fsp3) is 0.812. The van der Waals surface area contributed by atoms with E-state index in [1.54, 1.807) is 14.1 Å². The minimum atomic E-state index is -0.683. The van der Waals surface area contributed by atoms with E-state index in [-0.39, 0.29) is 24.3 Å². The molecule has 7 heteroatoms. The molecule has 0 aliphatic carbocycles. The molecule has 0 rings (SSSR count). The average Bonchev–Trinajstić information content (AvgIpc) is 2.48. The normalized spacial score (nSPS) is 13.5. The van der Waals surface area contributed by atoms with Crippen molar-refractivity contribution >= 4 is 17.7 Å². The van der Waals surface area contributed by atoms with Crippen LogP contribution in [-0.2, 0) is 14.4 Å². The molecule has 0 aliphatic heterocycles. The second-order valence-corrected chi connectivity index (χ2v) is 6.34. The topological polar surface area (TPSA) is 110 Å². The van der Waals surface area contributed by atoms with Crippen molar-refractivity contribution in [1.82, 2.24) is 9.80 Å². The standard InChI is InChI=1S/C16H32N4O3/c1-6-7-14(21)19(4)12(8-9-17)16(23)20(5)13(15(18)22)10-11(2)3/h11-13H,6-10,17H2,1-5H3,(H2,18,22)/t12-,13+/m1/s1. The van der Waals surface area contributed by atoms with E-state index in [0.29, 0.717) is 25.7 Å². The Labute approximate surface area is 139 Å². The van der Waals surface area contributed by atoms with Crippen LogP contribution >= 0.6 is 0 Å². The van der Waals surface area contributed by atoms with Gasteiger partial charge in [0.15, 0.2) is 0 Å². The first-order valence-electron chi connectivity index (χ1n) is 8.18. The zero-order chi connectivity index (χ0) is 18.2. The van der Waals surface area contributed by atoms with Crippen molar-refractivity contribution in [2.24, 2.45) is 17.4 Å². The summed E-state index contributed by atoms with van der Waals surface area (Å²) in [5.41, 5.74) is 11.0. The van der Waals surface area contributed by atoms with Gasteiger partial charge in [0, 0.05) is 20.5 Å². The smallest absolute Gasteiger partial charge is 0.245 e. The van der Waals surface area contributed by atoms with Gasteiger partial charge >= 0.3 is 0 Å². The lowest BCUT2D eigenvalue weighted by Gasteiger charge is -2.34. The van der Waals surface area contributed by atoms with E-state index in [4.69, 9.17) is 11.5 Å². The van der Waals surface area contributed by atoms with Crippen molar-refractivity contribution in [3.8, 4) is 0 Å². The van der Waals surface area contributed by atoms with Crippen molar-refractivity contribution < 1.29 is 14.4 Å². The molecule has 0 unspecified atom stereocenters. The van der Waals surface area contributed by atoms with E-state index in [1.165, 1.54) is 9.80 Å². The van der Waals surface area contributed by atoms with Gasteiger partial charge in [0.2, 0.25) is 17.7 Å². The van der Waals surface area contributed by atoms with Gasteiger partial charge in [-0.05, 0) is 31.7 Å². The molecule has 0 heterocycles. The van der Waals surface area contributed by atoms with Crippen LogP contribution in [0.3, 0.4) is 0 Å². The number of nitrogens with two attached hydrogens (primary N) is 2. The lowest BCUT2D eigenvalue weighted by molar-refractivity contribution is -0.147. The zero-order valence-corrected chi connectivity index (χ0v) is 15.0. The fourth-order valence-corrected chi connectivity index (χ4v) is 2.50. The van der Waals surface area contributed by atoms with Gasteiger partial charge in [0.25, 0.3) is 0 Å². The lowest BCUT2D eigenvalue weighted by atomic mass is 10.0. The third kappa shape index (κ3) is 6.56. The Morgan fingerprint density at radius 2 is 1.61 bits per heavy atom. The molecule has 7 nitrogen and oxygen atoms in total. The van der Waals surface area contributed by atoms with Gasteiger partial charge < -0.3 is 21.3 Å². The van der Waals surface area contributed by atoms with E-state index in [1.807, 2.05) is 20.8 Å². The minimum absolute atomic E-state index is 0.104. The van der Waals surface area contributed by atoms with Crippen LogP contribution in [0.2, 0.25) is 0 Å². The Morgan fingerprint density at radius 3 is 2.00 bits per heavy atom. The summed E-state index contributed by atoms with van der Waals surface area (Å²) in [6.45, 7) is 6.10. The predicted octanol–water partition coefficient (Wildman–Crippen LogP) is 0.321. The van der Waals surface area contributed by atoms with Crippen LogP contribution in [0.5, 0.6) is 0 Å². The molecule has 23 heavy (non-hydrogen) atoms. The first-order valence-corrected chi connectivity index (χ1v) is 8.18. The number of carbonyl (C=O) groups excluding carboxylic acids is 3. The first-order chi connectivity index (χ1) is 10.7. The van der Waals surface area contributed by atoms with E-state index in [9.17, 15) is 14.4 Å². The number of hydrogen-bond donors (Lipinski definition) is 2. The molecule has 0 bridgehead atoms. The molecule has 0 radical (unpaired) electrons. The van der Waals surface area contributed by atoms with Crippen LogP contribution in [-0.4, -0.2) is 60.2 Å². The molecular weight excluding hydrogens is 296 g/mol. The Kier molecular flexibility index (Phi) is 9.48. The van der Waals surface area contributed by atoms with Crippen LogP contribution in [0.4, 0.5) is 0 Å².